The van der Waals surface area contributed by atoms with Crippen LogP contribution in [-0.2, 0) is 6.54 Å². The van der Waals surface area contributed by atoms with E-state index in [9.17, 15) is 5.11 Å². The number of thiophene rings is 1. The smallest absolute Gasteiger partial charge is 0.0558 e. The van der Waals surface area contributed by atoms with Crippen LogP contribution in [0.15, 0.2) is 47.8 Å². The van der Waals surface area contributed by atoms with Gasteiger partial charge in [0, 0.05) is 24.5 Å². The molecule has 0 amide bonds. The van der Waals surface area contributed by atoms with E-state index >= 15 is 0 Å². The molecule has 0 fully saturated rings. The van der Waals surface area contributed by atoms with Crippen molar-refractivity contribution in [1.29, 1.82) is 0 Å². The van der Waals surface area contributed by atoms with Crippen LogP contribution in [-0.4, -0.2) is 29.7 Å². The summed E-state index contributed by atoms with van der Waals surface area (Å²) in [4.78, 5) is 3.68. The number of nitrogens with zero attached hydrogens (tertiary/aromatic N) is 1. The summed E-state index contributed by atoms with van der Waals surface area (Å²) < 4.78 is 0. The highest BCUT2D eigenvalue weighted by Crippen LogP contribution is 2.18. The summed E-state index contributed by atoms with van der Waals surface area (Å²) in [5.41, 5.74) is 1.36. The third-order valence-corrected chi connectivity index (χ3v) is 4.14. The molecule has 0 aliphatic rings. The fourth-order valence-electron chi connectivity index (χ4n) is 2.27. The van der Waals surface area contributed by atoms with Gasteiger partial charge in [0.05, 0.1) is 6.61 Å². The molecule has 3 heteroatoms. The molecule has 1 aromatic carbocycles. The molecule has 0 bridgehead atoms. The molecule has 0 saturated carbocycles. The number of benzene rings is 1. The normalized spacial score (nSPS) is 12.8. The van der Waals surface area contributed by atoms with Gasteiger partial charge in [-0.1, -0.05) is 43.3 Å². The van der Waals surface area contributed by atoms with Crippen LogP contribution in [0, 0.1) is 0 Å². The van der Waals surface area contributed by atoms with E-state index in [4.69, 9.17) is 0 Å². The molecule has 0 spiro atoms. The summed E-state index contributed by atoms with van der Waals surface area (Å²) >= 11 is 1.78. The Kier molecular flexibility index (Phi) is 5.58. The average Bonchev–Trinajstić information content (AvgIpc) is 2.93. The first-order valence-corrected chi connectivity index (χ1v) is 7.58. The Hall–Kier alpha value is -1.16. The van der Waals surface area contributed by atoms with Crippen LogP contribution in [0.5, 0.6) is 0 Å². The molecule has 0 aliphatic heterocycles. The van der Waals surface area contributed by atoms with Crippen molar-refractivity contribution in [2.45, 2.75) is 19.4 Å². The minimum absolute atomic E-state index is 0.215. The number of rotatable bonds is 7. The van der Waals surface area contributed by atoms with Crippen LogP contribution in [0.3, 0.4) is 0 Å². The zero-order chi connectivity index (χ0) is 13.5. The largest absolute Gasteiger partial charge is 0.395 e. The lowest BCUT2D eigenvalue weighted by Crippen LogP contribution is -2.30. The number of aliphatic hydroxyl groups is 1. The van der Waals surface area contributed by atoms with Crippen molar-refractivity contribution in [2.75, 3.05) is 19.7 Å². The Morgan fingerprint density at radius 1 is 1.16 bits per heavy atom. The van der Waals surface area contributed by atoms with Crippen LogP contribution in [0.2, 0.25) is 0 Å². The van der Waals surface area contributed by atoms with Gasteiger partial charge in [0.15, 0.2) is 0 Å². The van der Waals surface area contributed by atoms with Gasteiger partial charge < -0.3 is 5.11 Å². The predicted octanol–water partition coefficient (Wildman–Crippen LogP) is 3.35. The van der Waals surface area contributed by atoms with E-state index < -0.39 is 0 Å². The van der Waals surface area contributed by atoms with Gasteiger partial charge in [0.2, 0.25) is 0 Å². The quantitative estimate of drug-likeness (QED) is 0.837. The fourth-order valence-corrected chi connectivity index (χ4v) is 3.02. The lowest BCUT2D eigenvalue weighted by Gasteiger charge is -2.24. The SMILES string of the molecule is CC(CN(CCO)Cc1cccs1)c1ccccc1. The third kappa shape index (κ3) is 4.46. The fraction of sp³-hybridized carbons (Fsp3) is 0.375. The van der Waals surface area contributed by atoms with Gasteiger partial charge in [-0.3, -0.25) is 4.90 Å². The zero-order valence-electron chi connectivity index (χ0n) is 11.3. The first-order valence-electron chi connectivity index (χ1n) is 6.70. The minimum Gasteiger partial charge on any atom is -0.395 e. The molecular formula is C16H21NOS. The molecule has 1 unspecified atom stereocenters. The van der Waals surface area contributed by atoms with E-state index in [2.05, 4.69) is 53.6 Å². The maximum absolute atomic E-state index is 9.21. The predicted molar refractivity (Wildman–Crippen MR) is 81.5 cm³/mol. The van der Waals surface area contributed by atoms with E-state index in [1.807, 2.05) is 6.07 Å². The maximum atomic E-state index is 9.21. The molecule has 1 aromatic heterocycles. The van der Waals surface area contributed by atoms with E-state index in [0.29, 0.717) is 5.92 Å². The van der Waals surface area contributed by atoms with E-state index in [0.717, 1.165) is 19.6 Å². The lowest BCUT2D eigenvalue weighted by molar-refractivity contribution is 0.185. The summed E-state index contributed by atoms with van der Waals surface area (Å²) in [6.07, 6.45) is 0. The molecule has 19 heavy (non-hydrogen) atoms. The van der Waals surface area contributed by atoms with Crippen LogP contribution < -0.4 is 0 Å². The van der Waals surface area contributed by atoms with Crippen LogP contribution in [0.25, 0.3) is 0 Å². The minimum atomic E-state index is 0.215. The molecule has 2 rings (SSSR count). The van der Waals surface area contributed by atoms with Crippen molar-refractivity contribution in [2.24, 2.45) is 0 Å². The summed E-state index contributed by atoms with van der Waals surface area (Å²) in [7, 11) is 0. The third-order valence-electron chi connectivity index (χ3n) is 3.28. The van der Waals surface area contributed by atoms with Crippen molar-refractivity contribution in [3.63, 3.8) is 0 Å². The first-order chi connectivity index (χ1) is 9.29. The second-order valence-corrected chi connectivity index (χ2v) is 5.88. The molecule has 102 valence electrons. The monoisotopic (exact) mass is 275 g/mol. The van der Waals surface area contributed by atoms with Crippen LogP contribution in [0.1, 0.15) is 23.3 Å². The molecule has 1 N–H and O–H groups in total. The van der Waals surface area contributed by atoms with Gasteiger partial charge in [-0.05, 0) is 22.9 Å². The number of aliphatic hydroxyl groups excluding tert-OH is 1. The van der Waals surface area contributed by atoms with Gasteiger partial charge in [-0.15, -0.1) is 11.3 Å². The van der Waals surface area contributed by atoms with E-state index in [1.165, 1.54) is 10.4 Å². The van der Waals surface area contributed by atoms with Crippen molar-refractivity contribution in [1.82, 2.24) is 4.90 Å². The standard InChI is InChI=1S/C16H21NOS/c1-14(15-6-3-2-4-7-15)12-17(9-10-18)13-16-8-5-11-19-16/h2-8,11,14,18H,9-10,12-13H2,1H3. The van der Waals surface area contributed by atoms with Gasteiger partial charge >= 0.3 is 0 Å². The molecule has 0 radical (unpaired) electrons. The van der Waals surface area contributed by atoms with Crippen LogP contribution in [0.4, 0.5) is 0 Å². The average molecular weight is 275 g/mol. The molecule has 2 nitrogen and oxygen atoms in total. The number of hydrogen-bond acceptors (Lipinski definition) is 3. The molecule has 2 aromatic rings. The maximum Gasteiger partial charge on any atom is 0.0558 e. The Morgan fingerprint density at radius 3 is 2.58 bits per heavy atom. The van der Waals surface area contributed by atoms with Gasteiger partial charge in [0.25, 0.3) is 0 Å². The highest BCUT2D eigenvalue weighted by molar-refractivity contribution is 7.09. The van der Waals surface area contributed by atoms with Gasteiger partial charge in [-0.2, -0.15) is 0 Å². The summed E-state index contributed by atoms with van der Waals surface area (Å²) in [6, 6.07) is 14.8. The lowest BCUT2D eigenvalue weighted by atomic mass is 10.0. The first kappa shape index (κ1) is 14.3. The van der Waals surface area contributed by atoms with Gasteiger partial charge in [0.1, 0.15) is 0 Å². The summed E-state index contributed by atoms with van der Waals surface area (Å²) in [5, 5.41) is 11.3. The summed E-state index contributed by atoms with van der Waals surface area (Å²) in [6.45, 7) is 5.09. The second kappa shape index (κ2) is 7.43. The Balaban J connectivity index is 1.96. The van der Waals surface area contributed by atoms with Crippen molar-refractivity contribution in [3.8, 4) is 0 Å². The molecule has 1 atom stereocenters. The highest BCUT2D eigenvalue weighted by Gasteiger charge is 2.12. The Bertz CT molecular complexity index is 455. The van der Waals surface area contributed by atoms with E-state index in [-0.39, 0.29) is 6.61 Å². The second-order valence-electron chi connectivity index (χ2n) is 4.85. The van der Waals surface area contributed by atoms with Crippen molar-refractivity contribution >= 4 is 11.3 Å². The molecule has 0 aliphatic carbocycles. The Labute approximate surface area is 119 Å². The van der Waals surface area contributed by atoms with Crippen molar-refractivity contribution < 1.29 is 5.11 Å². The molecule has 0 saturated heterocycles. The summed E-state index contributed by atoms with van der Waals surface area (Å²) in [5.74, 6) is 0.479. The topological polar surface area (TPSA) is 23.5 Å². The molecular weight excluding hydrogens is 254 g/mol. The molecule has 1 heterocycles. The van der Waals surface area contributed by atoms with Crippen LogP contribution >= 0.6 is 11.3 Å². The zero-order valence-corrected chi connectivity index (χ0v) is 12.1. The number of hydrogen-bond donors (Lipinski definition) is 1. The van der Waals surface area contributed by atoms with E-state index in [1.54, 1.807) is 11.3 Å². The van der Waals surface area contributed by atoms with Gasteiger partial charge in [-0.25, -0.2) is 0 Å². The highest BCUT2D eigenvalue weighted by atomic mass is 32.1. The van der Waals surface area contributed by atoms with Crippen molar-refractivity contribution in [3.05, 3.63) is 58.3 Å². The Morgan fingerprint density at radius 2 is 1.95 bits per heavy atom.